The normalized spacial score (nSPS) is 13.9. The molecule has 1 aromatic rings. The van der Waals surface area contributed by atoms with Crippen LogP contribution in [0.15, 0.2) is 30.3 Å². The Morgan fingerprint density at radius 1 is 1.33 bits per heavy atom. The Balaban J connectivity index is 2.42. The number of hydrogen-bond donors (Lipinski definition) is 2. The fourth-order valence-electron chi connectivity index (χ4n) is 1.65. The van der Waals surface area contributed by atoms with Crippen LogP contribution in [0.5, 0.6) is 0 Å². The third kappa shape index (κ3) is 4.27. The quantitative estimate of drug-likeness (QED) is 0.566. The van der Waals surface area contributed by atoms with Gasteiger partial charge in [0.05, 0.1) is 13.0 Å². The Hall–Kier alpha value is -1.72. The number of rotatable bonds is 7. The summed E-state index contributed by atoms with van der Waals surface area (Å²) in [7, 11) is 0. The Labute approximate surface area is 105 Å². The van der Waals surface area contributed by atoms with Gasteiger partial charge in [0.1, 0.15) is 12.1 Å². The third-order valence-corrected chi connectivity index (χ3v) is 2.68. The Morgan fingerprint density at radius 2 is 1.94 bits per heavy atom. The number of hydrogen-bond acceptors (Lipinski definition) is 4. The lowest BCUT2D eigenvalue weighted by Gasteiger charge is -2.18. The van der Waals surface area contributed by atoms with E-state index in [1.165, 1.54) is 12.2 Å². The van der Waals surface area contributed by atoms with Crippen LogP contribution >= 0.6 is 0 Å². The van der Waals surface area contributed by atoms with Crippen LogP contribution < -0.4 is 10.4 Å². The molecule has 0 spiro atoms. The first-order valence-electron chi connectivity index (χ1n) is 5.83. The molecule has 1 aromatic carbocycles. The maximum Gasteiger partial charge on any atom is 0.168 e. The summed E-state index contributed by atoms with van der Waals surface area (Å²) in [6.07, 6.45) is -0.789. The molecular formula is C13H17NO4. The summed E-state index contributed by atoms with van der Waals surface area (Å²) in [5, 5.41) is 21.3. The highest BCUT2D eigenvalue weighted by Gasteiger charge is 2.19. The zero-order chi connectivity index (χ0) is 13.5. The molecule has 0 aliphatic rings. The van der Waals surface area contributed by atoms with Crippen molar-refractivity contribution in [1.29, 1.82) is 0 Å². The van der Waals surface area contributed by atoms with Gasteiger partial charge in [0.25, 0.3) is 0 Å². The first-order chi connectivity index (χ1) is 8.52. The van der Waals surface area contributed by atoms with Crippen molar-refractivity contribution in [2.24, 2.45) is 0 Å². The first-order valence-corrected chi connectivity index (χ1v) is 5.83. The maximum atomic E-state index is 11.7. The molecule has 0 fully saturated rings. The fraction of sp³-hybridized carbons (Fsp3) is 0.385. The number of Topliss-reactive ketones (excluding diaryl/α,β-unsaturated/α-hetero) is 1. The van der Waals surface area contributed by atoms with E-state index in [4.69, 9.17) is 0 Å². The van der Waals surface area contributed by atoms with E-state index in [0.29, 0.717) is 12.1 Å². The topological polar surface area (TPSA) is 94.0 Å². The van der Waals surface area contributed by atoms with Crippen molar-refractivity contribution < 1.29 is 25.1 Å². The summed E-state index contributed by atoms with van der Waals surface area (Å²) >= 11 is 0. The van der Waals surface area contributed by atoms with Crippen LogP contribution in [0, 0.1) is 0 Å². The van der Waals surface area contributed by atoms with Crippen molar-refractivity contribution in [3.8, 4) is 0 Å². The molecule has 98 valence electrons. The van der Waals surface area contributed by atoms with E-state index in [1.54, 1.807) is 24.3 Å². The molecule has 0 saturated heterocycles. The molecule has 0 aliphatic heterocycles. The van der Waals surface area contributed by atoms with Crippen molar-refractivity contribution in [2.75, 3.05) is 6.54 Å². The number of aliphatic hydroxyl groups excluding tert-OH is 1. The lowest BCUT2D eigenvalue weighted by Crippen LogP contribution is -2.95. The minimum Gasteiger partial charge on any atom is -0.544 e. The van der Waals surface area contributed by atoms with Crippen LogP contribution in [0.2, 0.25) is 0 Å². The summed E-state index contributed by atoms with van der Waals surface area (Å²) in [6.45, 7) is 1.69. The van der Waals surface area contributed by atoms with Crippen LogP contribution in [0.4, 0.5) is 0 Å². The summed E-state index contributed by atoms with van der Waals surface area (Å²) in [5.74, 6) is -1.37. The van der Waals surface area contributed by atoms with E-state index in [2.05, 4.69) is 0 Å². The van der Waals surface area contributed by atoms with Gasteiger partial charge in [-0.25, -0.2) is 0 Å². The average molecular weight is 251 g/mol. The number of nitrogens with two attached hydrogens (primary N) is 1. The molecule has 0 radical (unpaired) electrons. The number of carbonyl (C=O) groups excluding carboxylic acids is 2. The van der Waals surface area contributed by atoms with E-state index in [-0.39, 0.29) is 12.2 Å². The molecule has 0 heterocycles. The van der Waals surface area contributed by atoms with Gasteiger partial charge in [0, 0.05) is 5.56 Å². The van der Waals surface area contributed by atoms with Gasteiger partial charge in [-0.1, -0.05) is 30.3 Å². The van der Waals surface area contributed by atoms with Crippen LogP contribution in [0.25, 0.3) is 0 Å². The molecule has 0 aliphatic carbocycles. The molecular weight excluding hydrogens is 234 g/mol. The zero-order valence-electron chi connectivity index (χ0n) is 10.2. The van der Waals surface area contributed by atoms with E-state index in [0.717, 1.165) is 0 Å². The summed E-state index contributed by atoms with van der Waals surface area (Å²) < 4.78 is 0. The second-order valence-electron chi connectivity index (χ2n) is 4.15. The zero-order valence-corrected chi connectivity index (χ0v) is 10.2. The van der Waals surface area contributed by atoms with Gasteiger partial charge in [-0.05, 0) is 6.92 Å². The standard InChI is InChI=1S/C13H17NO4/c1-9(15)12(13(17)18)14-8-7-11(16)10-5-3-2-4-6-10/h2-6,9,12,14-15H,7-8H2,1H3,(H,17,18)/t9-,12+/m0/s1. The molecule has 18 heavy (non-hydrogen) atoms. The van der Waals surface area contributed by atoms with Crippen molar-refractivity contribution in [2.45, 2.75) is 25.5 Å². The minimum atomic E-state index is -1.32. The van der Waals surface area contributed by atoms with Gasteiger partial charge < -0.3 is 20.3 Å². The molecule has 5 heteroatoms. The maximum absolute atomic E-state index is 11.7. The number of aliphatic hydroxyl groups is 1. The Kier molecular flexibility index (Phi) is 5.48. The number of benzene rings is 1. The van der Waals surface area contributed by atoms with Gasteiger partial charge in [-0.15, -0.1) is 0 Å². The van der Waals surface area contributed by atoms with Crippen LogP contribution in [-0.4, -0.2) is 35.5 Å². The molecule has 0 aromatic heterocycles. The number of quaternary nitrogens is 1. The number of aliphatic carboxylic acids is 1. The largest absolute Gasteiger partial charge is 0.544 e. The monoisotopic (exact) mass is 251 g/mol. The Bertz CT molecular complexity index is 403. The Morgan fingerprint density at radius 3 is 2.44 bits per heavy atom. The molecule has 0 bridgehead atoms. The molecule has 3 N–H and O–H groups in total. The van der Waals surface area contributed by atoms with E-state index >= 15 is 0 Å². The van der Waals surface area contributed by atoms with Gasteiger partial charge >= 0.3 is 0 Å². The molecule has 0 saturated carbocycles. The fourth-order valence-corrected chi connectivity index (χ4v) is 1.65. The number of ketones is 1. The van der Waals surface area contributed by atoms with Gasteiger partial charge in [-0.3, -0.25) is 4.79 Å². The highest BCUT2D eigenvalue weighted by molar-refractivity contribution is 5.96. The second kappa shape index (κ2) is 6.88. The first kappa shape index (κ1) is 14.3. The van der Waals surface area contributed by atoms with Crippen molar-refractivity contribution in [3.05, 3.63) is 35.9 Å². The highest BCUT2D eigenvalue weighted by Crippen LogP contribution is 2.01. The lowest BCUT2D eigenvalue weighted by atomic mass is 10.1. The lowest BCUT2D eigenvalue weighted by molar-refractivity contribution is -0.688. The molecule has 0 amide bonds. The van der Waals surface area contributed by atoms with Crippen molar-refractivity contribution >= 4 is 11.8 Å². The molecule has 5 nitrogen and oxygen atoms in total. The number of carbonyl (C=O) groups is 2. The van der Waals surface area contributed by atoms with Gasteiger partial charge in [0.15, 0.2) is 11.8 Å². The number of carboxylic acid groups (broad SMARTS) is 1. The SMILES string of the molecule is C[C@H](O)[C@@H]([NH2+]CCC(=O)c1ccccc1)C(=O)[O-]. The summed E-state index contributed by atoms with van der Waals surface area (Å²) in [6, 6.07) is 7.77. The summed E-state index contributed by atoms with van der Waals surface area (Å²) in [5.41, 5.74) is 0.605. The van der Waals surface area contributed by atoms with Gasteiger partial charge in [-0.2, -0.15) is 0 Å². The predicted octanol–water partition coefficient (Wildman–Crippen LogP) is -1.68. The second-order valence-corrected chi connectivity index (χ2v) is 4.15. The third-order valence-electron chi connectivity index (χ3n) is 2.68. The van der Waals surface area contributed by atoms with Crippen LogP contribution in [0.1, 0.15) is 23.7 Å². The van der Waals surface area contributed by atoms with Crippen LogP contribution in [0.3, 0.4) is 0 Å². The van der Waals surface area contributed by atoms with E-state index in [9.17, 15) is 19.8 Å². The van der Waals surface area contributed by atoms with Crippen LogP contribution in [-0.2, 0) is 4.79 Å². The van der Waals surface area contributed by atoms with Gasteiger partial charge in [0.2, 0.25) is 0 Å². The predicted molar refractivity (Wildman–Crippen MR) is 62.7 cm³/mol. The summed E-state index contributed by atoms with van der Waals surface area (Å²) in [4.78, 5) is 22.4. The highest BCUT2D eigenvalue weighted by atomic mass is 16.4. The van der Waals surface area contributed by atoms with Crippen molar-refractivity contribution in [1.82, 2.24) is 0 Å². The minimum absolute atomic E-state index is 0.0467. The van der Waals surface area contributed by atoms with E-state index < -0.39 is 18.1 Å². The van der Waals surface area contributed by atoms with E-state index in [1.807, 2.05) is 6.07 Å². The smallest absolute Gasteiger partial charge is 0.168 e. The molecule has 0 unspecified atom stereocenters. The molecule has 2 atom stereocenters. The average Bonchev–Trinajstić information content (AvgIpc) is 2.34. The molecule has 1 rings (SSSR count). The van der Waals surface area contributed by atoms with Crippen molar-refractivity contribution in [3.63, 3.8) is 0 Å². The number of carboxylic acids is 1.